The second-order valence-corrected chi connectivity index (χ2v) is 8.22. The molecular formula is C24H23Cl2N3O. The number of rotatable bonds is 6. The molecule has 0 unspecified atom stereocenters. The zero-order chi connectivity index (χ0) is 21.1. The number of amides is 1. The maximum absolute atomic E-state index is 12.3. The summed E-state index contributed by atoms with van der Waals surface area (Å²) < 4.78 is 0. The van der Waals surface area contributed by atoms with Gasteiger partial charge in [-0.25, -0.2) is 0 Å². The third-order valence-corrected chi connectivity index (χ3v) is 5.93. The Morgan fingerprint density at radius 2 is 1.87 bits per heavy atom. The predicted octanol–water partition coefficient (Wildman–Crippen LogP) is 4.91. The van der Waals surface area contributed by atoms with Gasteiger partial charge in [0.1, 0.15) is 0 Å². The summed E-state index contributed by atoms with van der Waals surface area (Å²) in [7, 11) is 0. The molecule has 0 aromatic heterocycles. The fourth-order valence-electron chi connectivity index (χ4n) is 3.77. The zero-order valence-corrected chi connectivity index (χ0v) is 18.0. The van der Waals surface area contributed by atoms with Crippen LogP contribution in [0.1, 0.15) is 21.5 Å². The summed E-state index contributed by atoms with van der Waals surface area (Å²) in [4.78, 5) is 14.6. The third kappa shape index (κ3) is 4.46. The molecule has 0 fully saturated rings. The van der Waals surface area contributed by atoms with Gasteiger partial charge < -0.3 is 16.0 Å². The lowest BCUT2D eigenvalue weighted by Gasteiger charge is -2.21. The average Bonchev–Trinajstić information content (AvgIpc) is 3.16. The van der Waals surface area contributed by atoms with Crippen LogP contribution in [0.25, 0.3) is 11.1 Å². The van der Waals surface area contributed by atoms with Gasteiger partial charge in [-0.2, -0.15) is 0 Å². The van der Waals surface area contributed by atoms with Gasteiger partial charge in [0.15, 0.2) is 0 Å². The van der Waals surface area contributed by atoms with Crippen molar-refractivity contribution in [3.63, 3.8) is 0 Å². The highest BCUT2D eigenvalue weighted by Crippen LogP contribution is 2.35. The van der Waals surface area contributed by atoms with E-state index in [9.17, 15) is 4.79 Å². The molecule has 6 heteroatoms. The van der Waals surface area contributed by atoms with Gasteiger partial charge >= 0.3 is 0 Å². The summed E-state index contributed by atoms with van der Waals surface area (Å²) in [5, 5.41) is 4.14. The normalized spacial score (nSPS) is 12.7. The molecule has 4 nitrogen and oxygen atoms in total. The van der Waals surface area contributed by atoms with Crippen LogP contribution < -0.4 is 16.0 Å². The predicted molar refractivity (Wildman–Crippen MR) is 124 cm³/mol. The molecule has 0 atom stereocenters. The summed E-state index contributed by atoms with van der Waals surface area (Å²) >= 11 is 12.4. The summed E-state index contributed by atoms with van der Waals surface area (Å²) in [5.41, 5.74) is 11.8. The molecule has 0 spiro atoms. The molecular weight excluding hydrogens is 417 g/mol. The molecule has 1 aliphatic rings. The van der Waals surface area contributed by atoms with Crippen molar-refractivity contribution in [2.45, 2.75) is 13.0 Å². The van der Waals surface area contributed by atoms with Crippen LogP contribution in [0.4, 0.5) is 5.69 Å². The molecule has 0 saturated carbocycles. The maximum atomic E-state index is 12.3. The van der Waals surface area contributed by atoms with E-state index in [2.05, 4.69) is 28.4 Å². The lowest BCUT2D eigenvalue weighted by Crippen LogP contribution is -2.28. The first-order chi connectivity index (χ1) is 14.5. The summed E-state index contributed by atoms with van der Waals surface area (Å²) in [6.07, 6.45) is 1.00. The molecule has 4 rings (SSSR count). The van der Waals surface area contributed by atoms with Gasteiger partial charge in [0, 0.05) is 47.5 Å². The number of hydrogen-bond acceptors (Lipinski definition) is 3. The largest absolute Gasteiger partial charge is 0.367 e. The van der Waals surface area contributed by atoms with Crippen LogP contribution in [0.5, 0.6) is 0 Å². The minimum absolute atomic E-state index is 0.109. The fourth-order valence-corrected chi connectivity index (χ4v) is 4.24. The van der Waals surface area contributed by atoms with Crippen molar-refractivity contribution in [2.75, 3.05) is 24.5 Å². The number of benzene rings is 3. The molecule has 0 saturated heterocycles. The molecule has 0 radical (unpaired) electrons. The van der Waals surface area contributed by atoms with E-state index in [4.69, 9.17) is 28.9 Å². The van der Waals surface area contributed by atoms with Crippen LogP contribution in [-0.2, 0) is 13.0 Å². The molecule has 154 valence electrons. The van der Waals surface area contributed by atoms with Gasteiger partial charge in [-0.1, -0.05) is 53.5 Å². The van der Waals surface area contributed by atoms with E-state index in [0.717, 1.165) is 36.2 Å². The Morgan fingerprint density at radius 3 is 2.67 bits per heavy atom. The van der Waals surface area contributed by atoms with Gasteiger partial charge in [0.2, 0.25) is 0 Å². The molecule has 1 amide bonds. The van der Waals surface area contributed by atoms with Crippen LogP contribution in [0.2, 0.25) is 10.0 Å². The van der Waals surface area contributed by atoms with Crippen LogP contribution in [0.15, 0.2) is 60.7 Å². The Morgan fingerprint density at radius 1 is 1.03 bits per heavy atom. The second kappa shape index (κ2) is 9.09. The molecule has 1 aliphatic heterocycles. The SMILES string of the molecule is NCCNC(=O)c1cccc(-c2ccc3c(c2)N(Cc2ccc(Cl)cc2Cl)CC3)c1. The van der Waals surface area contributed by atoms with E-state index < -0.39 is 0 Å². The van der Waals surface area contributed by atoms with Crippen molar-refractivity contribution < 1.29 is 4.79 Å². The van der Waals surface area contributed by atoms with Gasteiger partial charge in [-0.15, -0.1) is 0 Å². The van der Waals surface area contributed by atoms with E-state index in [0.29, 0.717) is 28.7 Å². The van der Waals surface area contributed by atoms with Crippen molar-refractivity contribution in [2.24, 2.45) is 5.73 Å². The number of anilines is 1. The highest BCUT2D eigenvalue weighted by Gasteiger charge is 2.21. The highest BCUT2D eigenvalue weighted by atomic mass is 35.5. The first kappa shape index (κ1) is 20.7. The summed E-state index contributed by atoms with van der Waals surface area (Å²) in [6, 6.07) is 19.8. The van der Waals surface area contributed by atoms with Gasteiger partial charge in [-0.05, 0) is 59.0 Å². The fraction of sp³-hybridized carbons (Fsp3) is 0.208. The van der Waals surface area contributed by atoms with E-state index in [-0.39, 0.29) is 5.91 Å². The van der Waals surface area contributed by atoms with E-state index in [1.165, 1.54) is 11.3 Å². The Balaban J connectivity index is 1.60. The molecule has 3 aromatic carbocycles. The average molecular weight is 440 g/mol. The highest BCUT2D eigenvalue weighted by molar-refractivity contribution is 6.35. The first-order valence-corrected chi connectivity index (χ1v) is 10.7. The smallest absolute Gasteiger partial charge is 0.251 e. The maximum Gasteiger partial charge on any atom is 0.251 e. The monoisotopic (exact) mass is 439 g/mol. The molecule has 3 aromatic rings. The number of carbonyl (C=O) groups is 1. The van der Waals surface area contributed by atoms with Crippen LogP contribution >= 0.6 is 23.2 Å². The number of halogens is 2. The Bertz CT molecular complexity index is 1080. The number of carbonyl (C=O) groups excluding carboxylic acids is 1. The number of hydrogen-bond donors (Lipinski definition) is 2. The van der Waals surface area contributed by atoms with E-state index in [1.807, 2.05) is 36.4 Å². The summed E-state index contributed by atoms with van der Waals surface area (Å²) in [6.45, 7) is 2.56. The lowest BCUT2D eigenvalue weighted by atomic mass is 10.00. The van der Waals surface area contributed by atoms with Crippen molar-refractivity contribution in [1.29, 1.82) is 0 Å². The lowest BCUT2D eigenvalue weighted by molar-refractivity contribution is 0.0955. The third-order valence-electron chi connectivity index (χ3n) is 5.34. The minimum atomic E-state index is -0.109. The van der Waals surface area contributed by atoms with Gasteiger partial charge in [-0.3, -0.25) is 4.79 Å². The summed E-state index contributed by atoms with van der Waals surface area (Å²) in [5.74, 6) is -0.109. The van der Waals surface area contributed by atoms with Crippen molar-refractivity contribution in [3.05, 3.63) is 87.4 Å². The molecule has 30 heavy (non-hydrogen) atoms. The van der Waals surface area contributed by atoms with Crippen molar-refractivity contribution >= 4 is 34.8 Å². The Hall–Kier alpha value is -2.53. The Labute approximate surface area is 186 Å². The van der Waals surface area contributed by atoms with Crippen molar-refractivity contribution in [1.82, 2.24) is 5.32 Å². The zero-order valence-electron chi connectivity index (χ0n) is 16.5. The minimum Gasteiger partial charge on any atom is -0.367 e. The number of nitrogens with two attached hydrogens (primary N) is 1. The van der Waals surface area contributed by atoms with E-state index >= 15 is 0 Å². The molecule has 0 bridgehead atoms. The number of nitrogens with one attached hydrogen (secondary N) is 1. The molecule has 0 aliphatic carbocycles. The first-order valence-electron chi connectivity index (χ1n) is 9.95. The topological polar surface area (TPSA) is 58.4 Å². The second-order valence-electron chi connectivity index (χ2n) is 7.38. The Kier molecular flexibility index (Phi) is 6.28. The van der Waals surface area contributed by atoms with Gasteiger partial charge in [0.05, 0.1) is 0 Å². The number of fused-ring (bicyclic) bond motifs is 1. The van der Waals surface area contributed by atoms with Crippen molar-refractivity contribution in [3.8, 4) is 11.1 Å². The van der Waals surface area contributed by atoms with Gasteiger partial charge in [0.25, 0.3) is 5.91 Å². The standard InChI is InChI=1S/C24H23Cl2N3O/c25-21-7-6-20(22(26)14-21)15-29-11-8-16-4-5-18(13-23(16)29)17-2-1-3-19(12-17)24(30)28-10-9-27/h1-7,12-14H,8-11,15,27H2,(H,28,30). The quantitative estimate of drug-likeness (QED) is 0.573. The number of nitrogens with zero attached hydrogens (tertiary/aromatic N) is 1. The van der Waals surface area contributed by atoms with Crippen LogP contribution in [-0.4, -0.2) is 25.5 Å². The van der Waals surface area contributed by atoms with E-state index in [1.54, 1.807) is 6.07 Å². The van der Waals surface area contributed by atoms with Crippen LogP contribution in [0.3, 0.4) is 0 Å². The molecule has 1 heterocycles. The molecule has 3 N–H and O–H groups in total. The van der Waals surface area contributed by atoms with Crippen LogP contribution in [0, 0.1) is 0 Å².